The molecule has 0 radical (unpaired) electrons. The Morgan fingerprint density at radius 3 is 2.62 bits per heavy atom. The number of hydrogen-bond acceptors (Lipinski definition) is 4. The van der Waals surface area contributed by atoms with Crippen molar-refractivity contribution in [1.82, 2.24) is 19.2 Å². The van der Waals surface area contributed by atoms with Crippen molar-refractivity contribution >= 4 is 17.4 Å². The predicted molar refractivity (Wildman–Crippen MR) is 91.2 cm³/mol. The van der Waals surface area contributed by atoms with Crippen LogP contribution in [0.25, 0.3) is 11.3 Å². The van der Waals surface area contributed by atoms with E-state index >= 15 is 0 Å². The molecule has 7 heteroatoms. The summed E-state index contributed by atoms with van der Waals surface area (Å²) >= 11 is 1.66. The third-order valence-electron chi connectivity index (χ3n) is 4.47. The summed E-state index contributed by atoms with van der Waals surface area (Å²) in [6.07, 6.45) is 8.65. The molecule has 3 aromatic rings. The number of halogens is 1. The first kappa shape index (κ1) is 15.4. The Kier molecular flexibility index (Phi) is 4.10. The average molecular weight is 344 g/mol. The van der Waals surface area contributed by atoms with Gasteiger partial charge in [-0.1, -0.05) is 24.6 Å². The summed E-state index contributed by atoms with van der Waals surface area (Å²) in [5.41, 5.74) is 0.632. The Morgan fingerprint density at radius 1 is 1.12 bits per heavy atom. The van der Waals surface area contributed by atoms with E-state index in [0.29, 0.717) is 5.69 Å². The third-order valence-corrected chi connectivity index (χ3v) is 5.64. The Hall–Kier alpha value is -2.15. The first-order chi connectivity index (χ1) is 11.7. The van der Waals surface area contributed by atoms with Crippen molar-refractivity contribution < 1.29 is 4.39 Å². The molecule has 0 saturated heterocycles. The molecule has 0 atom stereocenters. The summed E-state index contributed by atoms with van der Waals surface area (Å²) in [5.74, 6) is 1.42. The minimum Gasteiger partial charge on any atom is -0.280 e. The van der Waals surface area contributed by atoms with Crippen LogP contribution < -0.4 is 5.56 Å². The van der Waals surface area contributed by atoms with Crippen LogP contribution in [0.5, 0.6) is 0 Å². The number of hydrogen-bond donors (Lipinski definition) is 0. The highest BCUT2D eigenvalue weighted by Gasteiger charge is 2.17. The molecular weight excluding hydrogens is 327 g/mol. The van der Waals surface area contributed by atoms with Gasteiger partial charge in [0.1, 0.15) is 5.82 Å². The zero-order valence-corrected chi connectivity index (χ0v) is 13.9. The van der Waals surface area contributed by atoms with Gasteiger partial charge in [-0.15, -0.1) is 10.2 Å². The van der Waals surface area contributed by atoms with E-state index < -0.39 is 0 Å². The Morgan fingerprint density at radius 2 is 1.88 bits per heavy atom. The van der Waals surface area contributed by atoms with Gasteiger partial charge in [-0.25, -0.2) is 4.39 Å². The van der Waals surface area contributed by atoms with Crippen molar-refractivity contribution in [3.63, 3.8) is 0 Å². The third kappa shape index (κ3) is 2.84. The van der Waals surface area contributed by atoms with Crippen LogP contribution in [-0.4, -0.2) is 24.9 Å². The van der Waals surface area contributed by atoms with Gasteiger partial charge in [0, 0.05) is 23.8 Å². The molecule has 1 aromatic carbocycles. The van der Waals surface area contributed by atoms with Gasteiger partial charge < -0.3 is 0 Å². The minimum absolute atomic E-state index is 0.260. The standard InChI is InChI=1S/C17H17FN4OS/c18-13-5-7-14(8-6-13)21-9-10-22-15(16(21)23)19-20-17(22)24-11-12-3-1-2-4-12/h5-10,12H,1-4,11H2. The molecule has 1 aliphatic rings. The molecule has 2 heterocycles. The van der Waals surface area contributed by atoms with Crippen LogP contribution >= 0.6 is 11.8 Å². The number of aromatic nitrogens is 4. The maximum absolute atomic E-state index is 13.1. The lowest BCUT2D eigenvalue weighted by Gasteiger charge is -2.08. The predicted octanol–water partition coefficient (Wildman–Crippen LogP) is 3.30. The van der Waals surface area contributed by atoms with E-state index in [1.165, 1.54) is 42.4 Å². The molecule has 0 N–H and O–H groups in total. The SMILES string of the molecule is O=c1c2nnc(SCC3CCCC3)n2ccn1-c1ccc(F)cc1. The van der Waals surface area contributed by atoms with Gasteiger partial charge in [0.05, 0.1) is 0 Å². The van der Waals surface area contributed by atoms with Crippen LogP contribution in [0.4, 0.5) is 4.39 Å². The fraction of sp³-hybridized carbons (Fsp3) is 0.353. The van der Waals surface area contributed by atoms with E-state index in [4.69, 9.17) is 0 Å². The molecule has 0 aliphatic heterocycles. The number of thioether (sulfide) groups is 1. The van der Waals surface area contributed by atoms with Crippen LogP contribution in [0.1, 0.15) is 25.7 Å². The Labute approximate surface area is 142 Å². The molecule has 1 fully saturated rings. The van der Waals surface area contributed by atoms with Crippen molar-refractivity contribution in [3.8, 4) is 5.69 Å². The Bertz CT molecular complexity index is 912. The number of rotatable bonds is 4. The van der Waals surface area contributed by atoms with Crippen molar-refractivity contribution in [2.24, 2.45) is 5.92 Å². The largest absolute Gasteiger partial charge is 0.300 e. The molecule has 124 valence electrons. The van der Waals surface area contributed by atoms with Crippen LogP contribution in [0, 0.1) is 11.7 Å². The smallest absolute Gasteiger partial charge is 0.280 e. The van der Waals surface area contributed by atoms with Crippen molar-refractivity contribution in [2.75, 3.05) is 5.75 Å². The monoisotopic (exact) mass is 344 g/mol. The molecule has 0 spiro atoms. The van der Waals surface area contributed by atoms with E-state index in [1.54, 1.807) is 40.7 Å². The minimum atomic E-state index is -0.332. The van der Waals surface area contributed by atoms with E-state index in [9.17, 15) is 9.18 Å². The fourth-order valence-corrected chi connectivity index (χ4v) is 4.24. The molecule has 4 rings (SSSR count). The molecule has 0 bridgehead atoms. The lowest BCUT2D eigenvalue weighted by molar-refractivity contribution is 0.622. The first-order valence-corrected chi connectivity index (χ1v) is 9.06. The van der Waals surface area contributed by atoms with E-state index in [-0.39, 0.29) is 17.0 Å². The second-order valence-electron chi connectivity index (χ2n) is 6.09. The molecule has 0 unspecified atom stereocenters. The summed E-state index contributed by atoms with van der Waals surface area (Å²) < 4.78 is 16.2. The Balaban J connectivity index is 1.65. The van der Waals surface area contributed by atoms with Gasteiger partial charge in [-0.2, -0.15) is 0 Å². The quantitative estimate of drug-likeness (QED) is 0.682. The molecule has 24 heavy (non-hydrogen) atoms. The first-order valence-electron chi connectivity index (χ1n) is 8.07. The molecular formula is C17H17FN4OS. The summed E-state index contributed by atoms with van der Waals surface area (Å²) in [6, 6.07) is 5.80. The number of fused-ring (bicyclic) bond motifs is 1. The van der Waals surface area contributed by atoms with Gasteiger partial charge in [0.2, 0.25) is 5.65 Å². The van der Waals surface area contributed by atoms with Gasteiger partial charge in [-0.3, -0.25) is 13.8 Å². The highest BCUT2D eigenvalue weighted by molar-refractivity contribution is 7.99. The van der Waals surface area contributed by atoms with Gasteiger partial charge in [0.15, 0.2) is 5.16 Å². The van der Waals surface area contributed by atoms with E-state index in [0.717, 1.165) is 16.8 Å². The lowest BCUT2D eigenvalue weighted by Crippen LogP contribution is -2.20. The average Bonchev–Trinajstić information content (AvgIpc) is 3.24. The molecule has 0 amide bonds. The molecule has 1 aliphatic carbocycles. The molecule has 5 nitrogen and oxygen atoms in total. The van der Waals surface area contributed by atoms with Crippen molar-refractivity contribution in [2.45, 2.75) is 30.8 Å². The van der Waals surface area contributed by atoms with Gasteiger partial charge in [-0.05, 0) is 43.0 Å². The zero-order valence-electron chi connectivity index (χ0n) is 13.1. The van der Waals surface area contributed by atoms with E-state index in [2.05, 4.69) is 10.2 Å². The maximum Gasteiger partial charge on any atom is 0.300 e. The number of benzene rings is 1. The molecule has 1 saturated carbocycles. The second kappa shape index (κ2) is 6.39. The summed E-state index contributed by atoms with van der Waals surface area (Å²) in [4.78, 5) is 12.6. The zero-order chi connectivity index (χ0) is 16.5. The maximum atomic E-state index is 13.1. The van der Waals surface area contributed by atoms with E-state index in [1.807, 2.05) is 0 Å². The molecule has 2 aromatic heterocycles. The van der Waals surface area contributed by atoms with Crippen LogP contribution in [0.15, 0.2) is 46.6 Å². The van der Waals surface area contributed by atoms with Crippen LogP contribution in [-0.2, 0) is 0 Å². The van der Waals surface area contributed by atoms with Gasteiger partial charge in [0.25, 0.3) is 0 Å². The lowest BCUT2D eigenvalue weighted by atomic mass is 10.1. The number of nitrogens with zero attached hydrogens (tertiary/aromatic N) is 4. The highest BCUT2D eigenvalue weighted by atomic mass is 32.2. The fourth-order valence-electron chi connectivity index (χ4n) is 3.14. The second-order valence-corrected chi connectivity index (χ2v) is 7.07. The normalized spacial score (nSPS) is 15.4. The summed E-state index contributed by atoms with van der Waals surface area (Å²) in [6.45, 7) is 0. The van der Waals surface area contributed by atoms with Crippen molar-refractivity contribution in [1.29, 1.82) is 0 Å². The van der Waals surface area contributed by atoms with Gasteiger partial charge >= 0.3 is 5.56 Å². The van der Waals surface area contributed by atoms with Crippen molar-refractivity contribution in [3.05, 3.63) is 52.8 Å². The van der Waals surface area contributed by atoms with Crippen LogP contribution in [0.3, 0.4) is 0 Å². The van der Waals surface area contributed by atoms with Crippen LogP contribution in [0.2, 0.25) is 0 Å². The summed E-state index contributed by atoms with van der Waals surface area (Å²) in [5, 5.41) is 8.97. The topological polar surface area (TPSA) is 52.2 Å². The highest BCUT2D eigenvalue weighted by Crippen LogP contribution is 2.30. The summed E-state index contributed by atoms with van der Waals surface area (Å²) in [7, 11) is 0.